The lowest BCUT2D eigenvalue weighted by Crippen LogP contribution is -2.14. The van der Waals surface area contributed by atoms with Crippen LogP contribution >= 0.6 is 0 Å². The summed E-state index contributed by atoms with van der Waals surface area (Å²) in [7, 11) is 0. The number of rotatable bonds is 4. The van der Waals surface area contributed by atoms with Gasteiger partial charge in [-0.25, -0.2) is 10.8 Å². The Labute approximate surface area is 121 Å². The summed E-state index contributed by atoms with van der Waals surface area (Å²) in [5.74, 6) is 6.49. The van der Waals surface area contributed by atoms with Gasteiger partial charge in [0.15, 0.2) is 0 Å². The molecule has 106 valence electrons. The molecule has 21 heavy (non-hydrogen) atoms. The zero-order valence-corrected chi connectivity index (χ0v) is 11.4. The van der Waals surface area contributed by atoms with Gasteiger partial charge in [-0.3, -0.25) is 9.99 Å². The Kier molecular flexibility index (Phi) is 3.44. The fourth-order valence-electron chi connectivity index (χ4n) is 1.83. The van der Waals surface area contributed by atoms with Gasteiger partial charge in [0.1, 0.15) is 6.33 Å². The third-order valence-electron chi connectivity index (χ3n) is 2.76. The van der Waals surface area contributed by atoms with Crippen LogP contribution in [0.3, 0.4) is 0 Å². The van der Waals surface area contributed by atoms with Gasteiger partial charge in [-0.1, -0.05) is 12.1 Å². The van der Waals surface area contributed by atoms with Gasteiger partial charge < -0.3 is 5.32 Å². The lowest BCUT2D eigenvalue weighted by atomic mass is 10.2. The van der Waals surface area contributed by atoms with Crippen molar-refractivity contribution in [3.8, 4) is 5.95 Å². The Morgan fingerprint density at radius 3 is 2.71 bits per heavy atom. The minimum Gasteiger partial charge on any atom is -0.324 e. The molecule has 0 aliphatic rings. The minimum absolute atomic E-state index is 0.267. The number of nitrogens with two attached hydrogens (primary N) is 1. The smallest absolute Gasteiger partial charge is 0.243 e. The van der Waals surface area contributed by atoms with Crippen LogP contribution in [0.1, 0.15) is 5.56 Å². The van der Waals surface area contributed by atoms with E-state index in [4.69, 9.17) is 5.84 Å². The molecule has 0 aliphatic carbocycles. The molecule has 0 aliphatic heterocycles. The van der Waals surface area contributed by atoms with Crippen LogP contribution in [0.2, 0.25) is 0 Å². The number of anilines is 3. The summed E-state index contributed by atoms with van der Waals surface area (Å²) in [5.41, 5.74) is 4.46. The largest absolute Gasteiger partial charge is 0.324 e. The maximum absolute atomic E-state index is 5.40. The van der Waals surface area contributed by atoms with Gasteiger partial charge >= 0.3 is 0 Å². The molecule has 0 spiro atoms. The first-order chi connectivity index (χ1) is 10.2. The molecule has 0 saturated heterocycles. The number of benzene rings is 1. The first kappa shape index (κ1) is 13.0. The van der Waals surface area contributed by atoms with Crippen molar-refractivity contribution in [2.75, 3.05) is 10.7 Å². The van der Waals surface area contributed by atoms with E-state index in [1.165, 1.54) is 0 Å². The lowest BCUT2D eigenvalue weighted by molar-refractivity contribution is 0.898. The van der Waals surface area contributed by atoms with Crippen LogP contribution < -0.4 is 16.6 Å². The third kappa shape index (κ3) is 2.95. The number of aryl methyl sites for hydroxylation is 1. The molecule has 4 N–H and O–H groups in total. The number of aromatic nitrogens is 5. The van der Waals surface area contributed by atoms with Crippen LogP contribution in [-0.4, -0.2) is 24.5 Å². The van der Waals surface area contributed by atoms with Gasteiger partial charge in [-0.2, -0.15) is 15.0 Å². The van der Waals surface area contributed by atoms with E-state index in [0.29, 0.717) is 11.9 Å². The van der Waals surface area contributed by atoms with E-state index in [-0.39, 0.29) is 5.95 Å². The van der Waals surface area contributed by atoms with Crippen LogP contribution in [0, 0.1) is 6.92 Å². The molecule has 2 heterocycles. The van der Waals surface area contributed by atoms with Crippen LogP contribution in [0.15, 0.2) is 43.0 Å². The molecule has 0 atom stereocenters. The molecule has 0 saturated carbocycles. The monoisotopic (exact) mass is 282 g/mol. The van der Waals surface area contributed by atoms with Gasteiger partial charge in [0, 0.05) is 18.1 Å². The number of nitrogen functional groups attached to an aromatic ring is 1. The van der Waals surface area contributed by atoms with Crippen molar-refractivity contribution in [1.29, 1.82) is 0 Å². The van der Waals surface area contributed by atoms with Crippen LogP contribution in [-0.2, 0) is 0 Å². The molecule has 0 fully saturated rings. The van der Waals surface area contributed by atoms with E-state index >= 15 is 0 Å². The zero-order valence-electron chi connectivity index (χ0n) is 11.4. The Morgan fingerprint density at radius 2 is 2.00 bits per heavy atom. The molecule has 3 aromatic rings. The normalized spacial score (nSPS) is 10.4. The second-order valence-corrected chi connectivity index (χ2v) is 4.39. The SMILES string of the molecule is Cc1cccc(Nc2nc(NN)nc(-n3ccnc3)n2)c1. The summed E-state index contributed by atoms with van der Waals surface area (Å²) in [6, 6.07) is 7.90. The van der Waals surface area contributed by atoms with E-state index in [1.807, 2.05) is 31.2 Å². The Hall–Kier alpha value is -3.00. The van der Waals surface area contributed by atoms with Gasteiger partial charge in [-0.05, 0) is 24.6 Å². The van der Waals surface area contributed by atoms with Gasteiger partial charge in [0.2, 0.25) is 17.8 Å². The van der Waals surface area contributed by atoms with Gasteiger partial charge in [0.25, 0.3) is 0 Å². The molecule has 8 nitrogen and oxygen atoms in total. The third-order valence-corrected chi connectivity index (χ3v) is 2.76. The average Bonchev–Trinajstić information content (AvgIpc) is 3.01. The molecule has 0 amide bonds. The molecule has 0 radical (unpaired) electrons. The fraction of sp³-hybridized carbons (Fsp3) is 0.0769. The fourth-order valence-corrected chi connectivity index (χ4v) is 1.83. The molecule has 0 bridgehead atoms. The standard InChI is InChI=1S/C13H14N8/c1-9-3-2-4-10(7-9)16-11-17-12(20-14)19-13(18-11)21-6-5-15-8-21/h2-8H,14H2,1H3,(H2,16,17,18,19,20). The van der Waals surface area contributed by atoms with Gasteiger partial charge in [-0.15, -0.1) is 0 Å². The van der Waals surface area contributed by atoms with Crippen molar-refractivity contribution in [3.05, 3.63) is 48.5 Å². The molecular weight excluding hydrogens is 268 g/mol. The summed E-state index contributed by atoms with van der Waals surface area (Å²) in [6.07, 6.45) is 4.99. The topological polar surface area (TPSA) is 107 Å². The van der Waals surface area contributed by atoms with E-state index < -0.39 is 0 Å². The number of nitrogens with one attached hydrogen (secondary N) is 2. The molecule has 1 aromatic carbocycles. The molecule has 2 aromatic heterocycles. The summed E-state index contributed by atoms with van der Waals surface area (Å²) in [5, 5.41) is 3.13. The Morgan fingerprint density at radius 1 is 1.14 bits per heavy atom. The summed E-state index contributed by atoms with van der Waals surface area (Å²) in [4.78, 5) is 16.7. The van der Waals surface area contributed by atoms with Gasteiger partial charge in [0.05, 0.1) is 0 Å². The first-order valence-electron chi connectivity index (χ1n) is 6.29. The van der Waals surface area contributed by atoms with Crippen molar-refractivity contribution in [2.24, 2.45) is 5.84 Å². The van der Waals surface area contributed by atoms with E-state index in [1.54, 1.807) is 23.3 Å². The number of hydrogen-bond donors (Lipinski definition) is 3. The first-order valence-corrected chi connectivity index (χ1v) is 6.29. The molecule has 8 heteroatoms. The predicted molar refractivity (Wildman–Crippen MR) is 79.2 cm³/mol. The summed E-state index contributed by atoms with van der Waals surface area (Å²) >= 11 is 0. The second kappa shape index (κ2) is 5.55. The van der Waals surface area contributed by atoms with Crippen molar-refractivity contribution < 1.29 is 0 Å². The van der Waals surface area contributed by atoms with Crippen LogP contribution in [0.5, 0.6) is 0 Å². The van der Waals surface area contributed by atoms with Crippen LogP contribution in [0.4, 0.5) is 17.6 Å². The number of hydrogen-bond acceptors (Lipinski definition) is 7. The highest BCUT2D eigenvalue weighted by Gasteiger charge is 2.07. The number of nitrogens with zero attached hydrogens (tertiary/aromatic N) is 5. The highest BCUT2D eigenvalue weighted by atomic mass is 15.4. The lowest BCUT2D eigenvalue weighted by Gasteiger charge is -2.09. The second-order valence-electron chi connectivity index (χ2n) is 4.39. The molecular formula is C13H14N8. The highest BCUT2D eigenvalue weighted by molar-refractivity contribution is 5.55. The van der Waals surface area contributed by atoms with Crippen molar-refractivity contribution in [2.45, 2.75) is 6.92 Å². The Bertz CT molecular complexity index is 738. The quantitative estimate of drug-likeness (QED) is 0.490. The van der Waals surface area contributed by atoms with E-state index in [9.17, 15) is 0 Å². The average molecular weight is 282 g/mol. The highest BCUT2D eigenvalue weighted by Crippen LogP contribution is 2.16. The zero-order chi connectivity index (χ0) is 14.7. The van der Waals surface area contributed by atoms with Crippen molar-refractivity contribution in [1.82, 2.24) is 24.5 Å². The predicted octanol–water partition coefficient (Wildman–Crippen LogP) is 1.39. The van der Waals surface area contributed by atoms with E-state index in [2.05, 4.69) is 30.7 Å². The Balaban J connectivity index is 1.96. The van der Waals surface area contributed by atoms with Crippen molar-refractivity contribution in [3.63, 3.8) is 0 Å². The van der Waals surface area contributed by atoms with Crippen LogP contribution in [0.25, 0.3) is 5.95 Å². The molecule has 3 rings (SSSR count). The minimum atomic E-state index is 0.267. The summed E-state index contributed by atoms with van der Waals surface area (Å²) < 4.78 is 1.67. The summed E-state index contributed by atoms with van der Waals surface area (Å²) in [6.45, 7) is 2.02. The van der Waals surface area contributed by atoms with Crippen molar-refractivity contribution >= 4 is 17.6 Å². The van der Waals surface area contributed by atoms with E-state index in [0.717, 1.165) is 11.3 Å². The number of imidazole rings is 1. The maximum atomic E-state index is 5.40. The number of hydrazine groups is 1. The maximum Gasteiger partial charge on any atom is 0.243 e. The molecule has 0 unspecified atom stereocenters.